The van der Waals surface area contributed by atoms with Crippen LogP contribution < -0.4 is 11.1 Å². The second-order valence-corrected chi connectivity index (χ2v) is 6.16. The van der Waals surface area contributed by atoms with Gasteiger partial charge in [-0.1, -0.05) is 18.2 Å². The summed E-state index contributed by atoms with van der Waals surface area (Å²) < 4.78 is 6.94. The molecule has 0 aliphatic rings. The molecule has 0 spiro atoms. The van der Waals surface area contributed by atoms with Crippen molar-refractivity contribution in [3.05, 3.63) is 57.2 Å². The zero-order chi connectivity index (χ0) is 15.0. The fourth-order valence-corrected chi connectivity index (χ4v) is 3.13. The number of hydrogen-bond donors (Lipinski definition) is 2. The van der Waals surface area contributed by atoms with E-state index < -0.39 is 0 Å². The summed E-state index contributed by atoms with van der Waals surface area (Å²) in [7, 11) is 0. The van der Waals surface area contributed by atoms with Crippen molar-refractivity contribution in [3.63, 3.8) is 0 Å². The number of halogens is 2. The third-order valence-electron chi connectivity index (χ3n) is 2.99. The number of carbonyl (C=O) groups excluding carboxylic acids is 1. The van der Waals surface area contributed by atoms with Crippen molar-refractivity contribution >= 4 is 60.1 Å². The number of nitrogen functional groups attached to an aromatic ring is 1. The highest BCUT2D eigenvalue weighted by Crippen LogP contribution is 2.32. The van der Waals surface area contributed by atoms with Gasteiger partial charge in [-0.3, -0.25) is 4.79 Å². The van der Waals surface area contributed by atoms with Crippen LogP contribution in [0, 0.1) is 0 Å². The van der Waals surface area contributed by atoms with Crippen LogP contribution in [0.2, 0.25) is 0 Å². The predicted molar refractivity (Wildman–Crippen MR) is 90.4 cm³/mol. The topological polar surface area (TPSA) is 68.3 Å². The van der Waals surface area contributed by atoms with Gasteiger partial charge in [-0.15, -0.1) is 0 Å². The second-order valence-electron chi connectivity index (χ2n) is 4.46. The van der Waals surface area contributed by atoms with Crippen molar-refractivity contribution in [3.8, 4) is 0 Å². The van der Waals surface area contributed by atoms with Crippen LogP contribution in [0.5, 0.6) is 0 Å². The van der Waals surface area contributed by atoms with E-state index in [1.54, 1.807) is 18.2 Å². The van der Waals surface area contributed by atoms with Crippen LogP contribution in [0.3, 0.4) is 0 Å². The lowest BCUT2D eigenvalue weighted by molar-refractivity contribution is 0.0998. The first-order chi connectivity index (χ1) is 10.0. The van der Waals surface area contributed by atoms with Crippen LogP contribution in [-0.4, -0.2) is 5.91 Å². The minimum atomic E-state index is -0.310. The third-order valence-corrected chi connectivity index (χ3v) is 4.30. The largest absolute Gasteiger partial charge is 0.451 e. The molecule has 3 N–H and O–H groups in total. The first-order valence-corrected chi connectivity index (χ1v) is 7.67. The molecule has 1 heterocycles. The summed E-state index contributed by atoms with van der Waals surface area (Å²) in [6.07, 6.45) is 0. The molecule has 0 aliphatic heterocycles. The molecular weight excluding hydrogens is 400 g/mol. The lowest BCUT2D eigenvalue weighted by Gasteiger charge is -2.07. The first kappa shape index (κ1) is 14.2. The highest BCUT2D eigenvalue weighted by atomic mass is 79.9. The van der Waals surface area contributed by atoms with Crippen molar-refractivity contribution in [2.45, 2.75) is 0 Å². The molecule has 0 atom stereocenters. The molecule has 21 heavy (non-hydrogen) atoms. The van der Waals surface area contributed by atoms with Gasteiger partial charge in [0.2, 0.25) is 0 Å². The summed E-state index contributed by atoms with van der Waals surface area (Å²) in [5, 5.41) is 3.67. The van der Waals surface area contributed by atoms with E-state index in [0.29, 0.717) is 25.9 Å². The quantitative estimate of drug-likeness (QED) is 0.597. The molecule has 0 fully saturated rings. The number of nitrogens with two attached hydrogens (primary N) is 1. The van der Waals surface area contributed by atoms with E-state index in [9.17, 15) is 4.79 Å². The van der Waals surface area contributed by atoms with Crippen LogP contribution >= 0.6 is 31.9 Å². The van der Waals surface area contributed by atoms with Crippen LogP contribution in [0.4, 0.5) is 11.4 Å². The average Bonchev–Trinajstić information content (AvgIpc) is 2.88. The third kappa shape index (κ3) is 2.82. The Morgan fingerprint density at radius 3 is 2.43 bits per heavy atom. The van der Waals surface area contributed by atoms with Gasteiger partial charge in [0.25, 0.3) is 5.91 Å². The molecule has 0 saturated heterocycles. The highest BCUT2D eigenvalue weighted by Gasteiger charge is 2.13. The van der Waals surface area contributed by atoms with E-state index >= 15 is 0 Å². The summed E-state index contributed by atoms with van der Waals surface area (Å²) in [5.41, 5.74) is 7.70. The molecule has 4 nitrogen and oxygen atoms in total. The second kappa shape index (κ2) is 5.54. The van der Waals surface area contributed by atoms with Gasteiger partial charge in [-0.05, 0) is 56.1 Å². The fraction of sp³-hybridized carbons (Fsp3) is 0. The van der Waals surface area contributed by atoms with Gasteiger partial charge < -0.3 is 15.5 Å². The Morgan fingerprint density at radius 1 is 1.10 bits per heavy atom. The molecule has 0 unspecified atom stereocenters. The van der Waals surface area contributed by atoms with E-state index in [1.165, 1.54) is 0 Å². The number of benzene rings is 2. The molecule has 0 aliphatic carbocycles. The summed E-state index contributed by atoms with van der Waals surface area (Å²) >= 11 is 6.68. The van der Waals surface area contributed by atoms with Gasteiger partial charge in [0.05, 0.1) is 5.69 Å². The van der Waals surface area contributed by atoms with Crippen LogP contribution in [-0.2, 0) is 0 Å². The Balaban J connectivity index is 1.89. The fourth-order valence-electron chi connectivity index (χ4n) is 1.94. The maximum atomic E-state index is 12.2. The van der Waals surface area contributed by atoms with Crippen molar-refractivity contribution in [2.24, 2.45) is 0 Å². The molecule has 3 rings (SSSR count). The zero-order valence-electron chi connectivity index (χ0n) is 10.7. The molecular formula is C15H10Br2N2O2. The number of hydrogen-bond acceptors (Lipinski definition) is 3. The molecule has 6 heteroatoms. The van der Waals surface area contributed by atoms with Crippen molar-refractivity contribution in [2.75, 3.05) is 11.1 Å². The van der Waals surface area contributed by atoms with Gasteiger partial charge >= 0.3 is 0 Å². The smallest absolute Gasteiger partial charge is 0.291 e. The summed E-state index contributed by atoms with van der Waals surface area (Å²) in [6, 6.07) is 12.7. The molecule has 0 radical (unpaired) electrons. The van der Waals surface area contributed by atoms with Crippen LogP contribution in [0.25, 0.3) is 11.0 Å². The van der Waals surface area contributed by atoms with Gasteiger partial charge in [-0.25, -0.2) is 0 Å². The van der Waals surface area contributed by atoms with E-state index in [2.05, 4.69) is 37.2 Å². The first-order valence-electron chi connectivity index (χ1n) is 6.09. The van der Waals surface area contributed by atoms with Gasteiger partial charge in [0.15, 0.2) is 5.76 Å². The highest BCUT2D eigenvalue weighted by molar-refractivity contribution is 9.11. The van der Waals surface area contributed by atoms with E-state index in [0.717, 1.165) is 5.39 Å². The molecule has 106 valence electrons. The number of nitrogens with one attached hydrogen (secondary N) is 1. The minimum Gasteiger partial charge on any atom is -0.451 e. The molecule has 3 aromatic rings. The van der Waals surface area contributed by atoms with Crippen LogP contribution in [0.15, 0.2) is 55.8 Å². The average molecular weight is 410 g/mol. The maximum Gasteiger partial charge on any atom is 0.291 e. The molecule has 0 saturated carbocycles. The Hall–Kier alpha value is -1.79. The standard InChI is InChI=1S/C15H10Br2N2O2/c16-10-6-9(7-11(17)14(10)18)19-15(20)13-5-8-3-1-2-4-12(8)21-13/h1-7H,18H2,(H,19,20). The van der Waals surface area contributed by atoms with Gasteiger partial charge in [0, 0.05) is 20.0 Å². The van der Waals surface area contributed by atoms with Crippen LogP contribution in [0.1, 0.15) is 10.6 Å². The Labute approximate surface area is 137 Å². The summed E-state index contributed by atoms with van der Waals surface area (Å²) in [4.78, 5) is 12.2. The molecule has 2 aromatic carbocycles. The number of fused-ring (bicyclic) bond motifs is 1. The van der Waals surface area contributed by atoms with Gasteiger partial charge in [-0.2, -0.15) is 0 Å². The predicted octanol–water partition coefficient (Wildman–Crippen LogP) is 4.79. The Morgan fingerprint density at radius 2 is 1.76 bits per heavy atom. The monoisotopic (exact) mass is 408 g/mol. The Bertz CT molecular complexity index is 787. The minimum absolute atomic E-state index is 0.264. The maximum absolute atomic E-state index is 12.2. The number of carbonyl (C=O) groups is 1. The number of rotatable bonds is 2. The zero-order valence-corrected chi connectivity index (χ0v) is 13.9. The van der Waals surface area contributed by atoms with Crippen molar-refractivity contribution in [1.82, 2.24) is 0 Å². The molecule has 1 aromatic heterocycles. The number of amides is 1. The van der Waals surface area contributed by atoms with E-state index in [-0.39, 0.29) is 11.7 Å². The number of furan rings is 1. The van der Waals surface area contributed by atoms with Crippen molar-refractivity contribution in [1.29, 1.82) is 0 Å². The molecule has 1 amide bonds. The number of para-hydroxylation sites is 1. The number of anilines is 2. The summed E-state index contributed by atoms with van der Waals surface area (Å²) in [6.45, 7) is 0. The van der Waals surface area contributed by atoms with E-state index in [4.69, 9.17) is 10.2 Å². The SMILES string of the molecule is Nc1c(Br)cc(NC(=O)c2cc3ccccc3o2)cc1Br. The normalized spacial score (nSPS) is 10.8. The lowest BCUT2D eigenvalue weighted by atomic mass is 10.2. The Kier molecular flexibility index (Phi) is 3.73. The van der Waals surface area contributed by atoms with Crippen molar-refractivity contribution < 1.29 is 9.21 Å². The van der Waals surface area contributed by atoms with Gasteiger partial charge in [0.1, 0.15) is 5.58 Å². The lowest BCUT2D eigenvalue weighted by Crippen LogP contribution is -2.11. The van der Waals surface area contributed by atoms with E-state index in [1.807, 2.05) is 24.3 Å². The molecule has 0 bridgehead atoms. The summed E-state index contributed by atoms with van der Waals surface area (Å²) in [5.74, 6) is -0.0463.